The number of carbonyl (C=O) groups is 1. The highest BCUT2D eigenvalue weighted by molar-refractivity contribution is 5.93. The highest BCUT2D eigenvalue weighted by Gasteiger charge is 2.36. The third-order valence-electron chi connectivity index (χ3n) is 5.88. The van der Waals surface area contributed by atoms with Gasteiger partial charge in [-0.3, -0.25) is 14.3 Å². The normalized spacial score (nSPS) is 17.4. The molecule has 1 amide bonds. The molecule has 3 aromatic rings. The van der Waals surface area contributed by atoms with Gasteiger partial charge in [0.25, 0.3) is 5.91 Å². The molecule has 2 aliphatic rings. The van der Waals surface area contributed by atoms with Crippen LogP contribution < -0.4 is 16.0 Å². The third-order valence-corrected chi connectivity index (χ3v) is 5.88. The van der Waals surface area contributed by atoms with Gasteiger partial charge in [0.05, 0.1) is 35.3 Å². The third kappa shape index (κ3) is 3.08. The van der Waals surface area contributed by atoms with Crippen molar-refractivity contribution in [3.63, 3.8) is 0 Å². The quantitative estimate of drug-likeness (QED) is 0.655. The average molecular weight is 406 g/mol. The summed E-state index contributed by atoms with van der Waals surface area (Å²) in [7, 11) is 0. The Bertz CT molecular complexity index is 1110. The van der Waals surface area contributed by atoms with Crippen molar-refractivity contribution >= 4 is 17.3 Å². The highest BCUT2D eigenvalue weighted by Crippen LogP contribution is 2.44. The molecule has 0 saturated heterocycles. The minimum Gasteiger partial charge on any atom is -0.382 e. The van der Waals surface area contributed by atoms with Gasteiger partial charge in [-0.1, -0.05) is 6.07 Å². The second-order valence-electron chi connectivity index (χ2n) is 7.96. The van der Waals surface area contributed by atoms with E-state index in [1.807, 2.05) is 36.1 Å². The van der Waals surface area contributed by atoms with Crippen molar-refractivity contribution in [2.75, 3.05) is 16.8 Å². The summed E-state index contributed by atoms with van der Waals surface area (Å²) in [5.74, 6) is -0.279. The summed E-state index contributed by atoms with van der Waals surface area (Å²) >= 11 is 0. The maximum Gasteiger partial charge on any atom is 0.269 e. The van der Waals surface area contributed by atoms with Crippen molar-refractivity contribution in [1.29, 1.82) is 0 Å². The Kier molecular flexibility index (Phi) is 4.42. The molecule has 154 valence electrons. The van der Waals surface area contributed by atoms with Gasteiger partial charge in [-0.15, -0.1) is 0 Å². The molecule has 1 aliphatic heterocycles. The number of nitrogens with one attached hydrogen (secondary N) is 1. The minimum atomic E-state index is -0.597. The van der Waals surface area contributed by atoms with E-state index in [0.29, 0.717) is 35.2 Å². The van der Waals surface area contributed by atoms with Crippen LogP contribution in [0.4, 0.5) is 15.8 Å². The zero-order valence-corrected chi connectivity index (χ0v) is 16.7. The van der Waals surface area contributed by atoms with E-state index < -0.39 is 5.91 Å². The summed E-state index contributed by atoms with van der Waals surface area (Å²) in [6.45, 7) is 3.09. The molecule has 1 saturated carbocycles. The van der Waals surface area contributed by atoms with E-state index in [-0.39, 0.29) is 17.6 Å². The molecule has 30 heavy (non-hydrogen) atoms. The summed E-state index contributed by atoms with van der Waals surface area (Å²) in [5.41, 5.74) is 8.81. The summed E-state index contributed by atoms with van der Waals surface area (Å²) in [4.78, 5) is 22.5. The zero-order valence-electron chi connectivity index (χ0n) is 16.7. The van der Waals surface area contributed by atoms with Crippen molar-refractivity contribution < 1.29 is 9.18 Å². The predicted molar refractivity (Wildman–Crippen MR) is 112 cm³/mol. The number of imidazole rings is 1. The van der Waals surface area contributed by atoms with Crippen LogP contribution in [0.5, 0.6) is 0 Å². The first-order valence-corrected chi connectivity index (χ1v) is 10.1. The second-order valence-corrected chi connectivity index (χ2v) is 7.96. The number of primary amides is 1. The predicted octanol–water partition coefficient (Wildman–Crippen LogP) is 3.41. The fourth-order valence-corrected chi connectivity index (χ4v) is 4.10. The lowest BCUT2D eigenvalue weighted by Crippen LogP contribution is -2.35. The van der Waals surface area contributed by atoms with Gasteiger partial charge in [0.1, 0.15) is 12.0 Å². The fourth-order valence-electron chi connectivity index (χ4n) is 4.10. The number of fused-ring (bicyclic) bond motifs is 3. The Hall–Kier alpha value is -3.42. The molecule has 0 spiro atoms. The summed E-state index contributed by atoms with van der Waals surface area (Å²) in [6, 6.07) is 8.94. The first-order valence-electron chi connectivity index (χ1n) is 10.1. The number of halogens is 1. The number of pyridine rings is 1. The van der Waals surface area contributed by atoms with Crippen LogP contribution in [0.15, 0.2) is 42.9 Å². The lowest BCUT2D eigenvalue weighted by Gasteiger charge is -2.38. The second kappa shape index (κ2) is 7.12. The lowest BCUT2D eigenvalue weighted by atomic mass is 10.0. The molecule has 8 heteroatoms. The van der Waals surface area contributed by atoms with E-state index in [1.54, 1.807) is 23.2 Å². The Balaban J connectivity index is 1.64. The number of carbonyl (C=O) groups excluding carboxylic acids is 1. The molecule has 7 nitrogen and oxygen atoms in total. The SMILES string of the molecule is C[C@@H]1c2c(C(N)=O)ncn2-c2ccc(NCC3CC3)c(F)c2N1Cc1ccccn1. The zero-order chi connectivity index (χ0) is 20.8. The molecule has 1 aromatic carbocycles. The van der Waals surface area contributed by atoms with Crippen LogP contribution in [0.3, 0.4) is 0 Å². The van der Waals surface area contributed by atoms with Gasteiger partial charge in [0.15, 0.2) is 11.5 Å². The molecule has 0 bridgehead atoms. The van der Waals surface area contributed by atoms with Gasteiger partial charge < -0.3 is 16.0 Å². The number of aromatic nitrogens is 3. The molecule has 3 heterocycles. The molecule has 0 radical (unpaired) electrons. The maximum absolute atomic E-state index is 15.8. The molecular weight excluding hydrogens is 383 g/mol. The van der Waals surface area contributed by atoms with E-state index in [2.05, 4.69) is 15.3 Å². The lowest BCUT2D eigenvalue weighted by molar-refractivity contribution is 0.0994. The van der Waals surface area contributed by atoms with Gasteiger partial charge in [-0.05, 0) is 49.9 Å². The van der Waals surface area contributed by atoms with Crippen molar-refractivity contribution in [3.05, 3.63) is 65.8 Å². The number of nitrogens with zero attached hydrogens (tertiary/aromatic N) is 4. The van der Waals surface area contributed by atoms with Crippen molar-refractivity contribution in [3.8, 4) is 5.69 Å². The molecule has 1 aliphatic carbocycles. The Morgan fingerprint density at radius 2 is 2.10 bits per heavy atom. The molecule has 2 aromatic heterocycles. The van der Waals surface area contributed by atoms with Crippen LogP contribution in [0.2, 0.25) is 0 Å². The first kappa shape index (κ1) is 18.6. The Labute approximate surface area is 173 Å². The van der Waals surface area contributed by atoms with E-state index >= 15 is 4.39 Å². The molecule has 1 fully saturated rings. The number of nitrogens with two attached hydrogens (primary N) is 1. The first-order chi connectivity index (χ1) is 14.5. The van der Waals surface area contributed by atoms with Gasteiger partial charge in [0, 0.05) is 12.7 Å². The number of amides is 1. The largest absolute Gasteiger partial charge is 0.382 e. The summed E-state index contributed by atoms with van der Waals surface area (Å²) < 4.78 is 17.5. The number of benzene rings is 1. The number of rotatable bonds is 6. The molecular formula is C22H23FN6O. The Morgan fingerprint density at radius 3 is 2.80 bits per heavy atom. The van der Waals surface area contributed by atoms with Crippen LogP contribution in [-0.2, 0) is 6.54 Å². The highest BCUT2D eigenvalue weighted by atomic mass is 19.1. The Morgan fingerprint density at radius 1 is 1.27 bits per heavy atom. The van der Waals surface area contributed by atoms with Crippen LogP contribution in [-0.4, -0.2) is 27.0 Å². The fraction of sp³-hybridized carbons (Fsp3) is 0.318. The van der Waals surface area contributed by atoms with Crippen LogP contribution in [0.25, 0.3) is 5.69 Å². The summed E-state index contributed by atoms with van der Waals surface area (Å²) in [6.07, 6.45) is 5.64. The molecule has 1 atom stereocenters. The van der Waals surface area contributed by atoms with Crippen LogP contribution in [0, 0.1) is 11.7 Å². The average Bonchev–Trinajstić information content (AvgIpc) is 3.46. The van der Waals surface area contributed by atoms with E-state index in [1.165, 1.54) is 12.8 Å². The van der Waals surface area contributed by atoms with E-state index in [9.17, 15) is 4.79 Å². The topological polar surface area (TPSA) is 89.1 Å². The minimum absolute atomic E-state index is 0.204. The number of hydrogen-bond acceptors (Lipinski definition) is 5. The van der Waals surface area contributed by atoms with Gasteiger partial charge in [-0.2, -0.15) is 0 Å². The van der Waals surface area contributed by atoms with Crippen molar-refractivity contribution in [1.82, 2.24) is 14.5 Å². The van der Waals surface area contributed by atoms with Crippen LogP contribution in [0.1, 0.15) is 47.7 Å². The number of hydrogen-bond donors (Lipinski definition) is 2. The molecule has 5 rings (SSSR count). The van der Waals surface area contributed by atoms with Crippen molar-refractivity contribution in [2.45, 2.75) is 32.4 Å². The van der Waals surface area contributed by atoms with Gasteiger partial charge >= 0.3 is 0 Å². The molecule has 0 unspecified atom stereocenters. The van der Waals surface area contributed by atoms with E-state index in [4.69, 9.17) is 5.73 Å². The molecule has 3 N–H and O–H groups in total. The maximum atomic E-state index is 15.8. The van der Waals surface area contributed by atoms with Crippen LogP contribution >= 0.6 is 0 Å². The van der Waals surface area contributed by atoms with Crippen molar-refractivity contribution in [2.24, 2.45) is 11.7 Å². The standard InChI is InChI=1S/C22H23FN6O/c1-13-20-19(22(24)30)27-12-29(20)17-8-7-16(26-10-14-5-6-14)18(23)21(17)28(13)11-15-4-2-3-9-25-15/h2-4,7-9,12-14,26H,5-6,10-11H2,1H3,(H2,24,30)/t13-/m1/s1. The summed E-state index contributed by atoms with van der Waals surface area (Å²) in [5, 5.41) is 3.26. The monoisotopic (exact) mass is 406 g/mol. The van der Waals surface area contributed by atoms with Gasteiger partial charge in [-0.25, -0.2) is 9.37 Å². The van der Waals surface area contributed by atoms with E-state index in [0.717, 1.165) is 12.2 Å². The smallest absolute Gasteiger partial charge is 0.269 e. The number of anilines is 2. The van der Waals surface area contributed by atoms with Gasteiger partial charge in [0.2, 0.25) is 0 Å².